The minimum Gasteiger partial charge on any atom is -0.231 e. The van der Waals surface area contributed by atoms with Crippen LogP contribution in [0.4, 0.5) is 0 Å². The lowest BCUT2D eigenvalue weighted by atomic mass is 10.2. The third-order valence-corrected chi connectivity index (χ3v) is 3.32. The molecule has 1 aromatic carbocycles. The summed E-state index contributed by atoms with van der Waals surface area (Å²) < 4.78 is 0.834. The van der Waals surface area contributed by atoms with E-state index in [0.29, 0.717) is 10.2 Å². The first-order valence-corrected chi connectivity index (χ1v) is 6.36. The fraction of sp³-hybridized carbons (Fsp3) is 0.273. The number of halogens is 3. The van der Waals surface area contributed by atoms with Gasteiger partial charge in [0.25, 0.3) is 0 Å². The molecule has 0 bridgehead atoms. The van der Waals surface area contributed by atoms with Crippen molar-refractivity contribution >= 4 is 50.0 Å². The van der Waals surface area contributed by atoms with Crippen molar-refractivity contribution in [3.63, 3.8) is 0 Å². The maximum atomic E-state index is 6.12. The van der Waals surface area contributed by atoms with E-state index in [4.69, 9.17) is 23.2 Å². The molecule has 1 aromatic heterocycles. The maximum absolute atomic E-state index is 6.12. The number of benzene rings is 1. The van der Waals surface area contributed by atoms with E-state index in [1.54, 1.807) is 12.1 Å². The fourth-order valence-electron chi connectivity index (χ4n) is 1.40. The van der Waals surface area contributed by atoms with Crippen LogP contribution in [0.15, 0.2) is 16.6 Å². The van der Waals surface area contributed by atoms with E-state index < -0.39 is 0 Å². The Bertz CT molecular complexity index is 555. The molecule has 2 aromatic rings. The van der Waals surface area contributed by atoms with Crippen LogP contribution in [0.25, 0.3) is 10.9 Å². The van der Waals surface area contributed by atoms with Crippen LogP contribution in [0, 0.1) is 0 Å². The van der Waals surface area contributed by atoms with Crippen LogP contribution in [0.3, 0.4) is 0 Å². The van der Waals surface area contributed by atoms with Gasteiger partial charge < -0.3 is 0 Å². The molecule has 0 aliphatic rings. The Balaban J connectivity index is 2.82. The van der Waals surface area contributed by atoms with E-state index in [9.17, 15) is 0 Å². The normalized spacial score (nSPS) is 11.4. The van der Waals surface area contributed by atoms with E-state index in [1.807, 2.05) is 13.8 Å². The van der Waals surface area contributed by atoms with Crippen LogP contribution < -0.4 is 0 Å². The van der Waals surface area contributed by atoms with Crippen LogP contribution in [0.2, 0.25) is 10.2 Å². The summed E-state index contributed by atoms with van der Waals surface area (Å²) in [5.74, 6) is 0.977. The molecule has 0 atom stereocenters. The molecule has 0 N–H and O–H groups in total. The Kier molecular flexibility index (Phi) is 3.38. The SMILES string of the molecule is CC(C)c1nc(Cl)c2cc(Cl)cc(Br)c2n1. The van der Waals surface area contributed by atoms with Gasteiger partial charge in [0.2, 0.25) is 0 Å². The van der Waals surface area contributed by atoms with Crippen molar-refractivity contribution in [1.82, 2.24) is 9.97 Å². The monoisotopic (exact) mass is 318 g/mol. The number of hydrogen-bond acceptors (Lipinski definition) is 2. The maximum Gasteiger partial charge on any atom is 0.140 e. The van der Waals surface area contributed by atoms with Crippen molar-refractivity contribution in [2.24, 2.45) is 0 Å². The van der Waals surface area contributed by atoms with Gasteiger partial charge >= 0.3 is 0 Å². The average Bonchev–Trinajstić information content (AvgIpc) is 2.19. The molecule has 0 amide bonds. The van der Waals surface area contributed by atoms with E-state index in [2.05, 4.69) is 25.9 Å². The largest absolute Gasteiger partial charge is 0.231 e. The zero-order valence-corrected chi connectivity index (χ0v) is 11.9. The standard InChI is InChI=1S/C11H9BrCl2N2/c1-5(2)11-15-9-7(10(14)16-11)3-6(13)4-8(9)12/h3-5H,1-2H3. The fourth-order valence-corrected chi connectivity index (χ4v) is 2.52. The van der Waals surface area contributed by atoms with Gasteiger partial charge in [-0.3, -0.25) is 0 Å². The van der Waals surface area contributed by atoms with Gasteiger partial charge in [-0.1, -0.05) is 37.0 Å². The number of aromatic nitrogens is 2. The van der Waals surface area contributed by atoms with Gasteiger partial charge in [0.1, 0.15) is 11.0 Å². The lowest BCUT2D eigenvalue weighted by molar-refractivity contribution is 0.783. The molecular weight excluding hydrogens is 311 g/mol. The Hall–Kier alpha value is -0.380. The third-order valence-electron chi connectivity index (χ3n) is 2.21. The first-order chi connectivity index (χ1) is 7.49. The molecule has 0 aliphatic carbocycles. The topological polar surface area (TPSA) is 25.8 Å². The summed E-state index contributed by atoms with van der Waals surface area (Å²) >= 11 is 15.5. The van der Waals surface area contributed by atoms with Crippen LogP contribution in [0.1, 0.15) is 25.6 Å². The minimum absolute atomic E-state index is 0.240. The highest BCUT2D eigenvalue weighted by molar-refractivity contribution is 9.10. The Morgan fingerprint density at radius 2 is 1.88 bits per heavy atom. The van der Waals surface area contributed by atoms with Crippen molar-refractivity contribution in [2.75, 3.05) is 0 Å². The zero-order chi connectivity index (χ0) is 11.9. The summed E-state index contributed by atoms with van der Waals surface area (Å²) in [6, 6.07) is 3.57. The van der Waals surface area contributed by atoms with Gasteiger partial charge in [-0.05, 0) is 28.1 Å². The van der Waals surface area contributed by atoms with Crippen LogP contribution in [-0.2, 0) is 0 Å². The predicted molar refractivity (Wildman–Crippen MR) is 71.3 cm³/mol. The number of hydrogen-bond donors (Lipinski definition) is 0. The summed E-state index contributed by atoms with van der Waals surface area (Å²) in [4.78, 5) is 8.73. The molecule has 2 rings (SSSR count). The van der Waals surface area contributed by atoms with Gasteiger partial charge in [-0.25, -0.2) is 9.97 Å². The van der Waals surface area contributed by atoms with Crippen molar-refractivity contribution in [3.05, 3.63) is 32.6 Å². The molecule has 0 saturated heterocycles. The molecule has 0 unspecified atom stereocenters. The quantitative estimate of drug-likeness (QED) is 0.704. The first-order valence-electron chi connectivity index (χ1n) is 4.81. The molecule has 1 heterocycles. The van der Waals surface area contributed by atoms with Crippen molar-refractivity contribution < 1.29 is 0 Å². The van der Waals surface area contributed by atoms with E-state index in [-0.39, 0.29) is 5.92 Å². The van der Waals surface area contributed by atoms with Gasteiger partial charge in [-0.15, -0.1) is 0 Å². The van der Waals surface area contributed by atoms with E-state index >= 15 is 0 Å². The van der Waals surface area contributed by atoms with Crippen LogP contribution >= 0.6 is 39.1 Å². The zero-order valence-electron chi connectivity index (χ0n) is 8.76. The number of rotatable bonds is 1. The molecule has 5 heteroatoms. The molecule has 0 aliphatic heterocycles. The summed E-state index contributed by atoms with van der Waals surface area (Å²) in [5, 5.41) is 1.82. The predicted octanol–water partition coefficient (Wildman–Crippen LogP) is 4.82. The second kappa shape index (κ2) is 4.47. The van der Waals surface area contributed by atoms with Crippen LogP contribution in [-0.4, -0.2) is 9.97 Å². The van der Waals surface area contributed by atoms with E-state index in [0.717, 1.165) is 21.2 Å². The highest BCUT2D eigenvalue weighted by Crippen LogP contribution is 2.31. The smallest absolute Gasteiger partial charge is 0.140 e. The lowest BCUT2D eigenvalue weighted by Crippen LogP contribution is -1.99. The molecule has 0 spiro atoms. The second-order valence-electron chi connectivity index (χ2n) is 3.81. The summed E-state index contributed by atoms with van der Waals surface area (Å²) in [7, 11) is 0. The average molecular weight is 320 g/mol. The van der Waals surface area contributed by atoms with Gasteiger partial charge in [0.15, 0.2) is 0 Å². The van der Waals surface area contributed by atoms with Crippen molar-refractivity contribution in [3.8, 4) is 0 Å². The number of nitrogens with zero attached hydrogens (tertiary/aromatic N) is 2. The van der Waals surface area contributed by atoms with Crippen molar-refractivity contribution in [2.45, 2.75) is 19.8 Å². The molecular formula is C11H9BrCl2N2. The summed E-state index contributed by atoms with van der Waals surface area (Å²) in [5.41, 5.74) is 0.799. The van der Waals surface area contributed by atoms with Gasteiger partial charge in [0.05, 0.1) is 5.52 Å². The van der Waals surface area contributed by atoms with E-state index in [1.165, 1.54) is 0 Å². The molecule has 0 saturated carbocycles. The second-order valence-corrected chi connectivity index (χ2v) is 5.46. The third kappa shape index (κ3) is 2.17. The highest BCUT2D eigenvalue weighted by Gasteiger charge is 2.11. The Labute approximate surface area is 112 Å². The molecule has 16 heavy (non-hydrogen) atoms. The molecule has 0 radical (unpaired) electrons. The molecule has 0 fully saturated rings. The van der Waals surface area contributed by atoms with Crippen LogP contribution in [0.5, 0.6) is 0 Å². The molecule has 84 valence electrons. The molecule has 2 nitrogen and oxygen atoms in total. The van der Waals surface area contributed by atoms with Gasteiger partial charge in [-0.2, -0.15) is 0 Å². The lowest BCUT2D eigenvalue weighted by Gasteiger charge is -2.08. The summed E-state index contributed by atoms with van der Waals surface area (Å²) in [6.45, 7) is 4.06. The number of fused-ring (bicyclic) bond motifs is 1. The summed E-state index contributed by atoms with van der Waals surface area (Å²) in [6.07, 6.45) is 0. The Morgan fingerprint density at radius 1 is 1.19 bits per heavy atom. The Morgan fingerprint density at radius 3 is 2.50 bits per heavy atom. The minimum atomic E-state index is 0.240. The first kappa shape index (κ1) is 12.1. The van der Waals surface area contributed by atoms with Gasteiger partial charge in [0, 0.05) is 20.8 Å². The highest BCUT2D eigenvalue weighted by atomic mass is 79.9. The van der Waals surface area contributed by atoms with Crippen molar-refractivity contribution in [1.29, 1.82) is 0 Å².